The molecule has 27 heavy (non-hydrogen) atoms. The summed E-state index contributed by atoms with van der Waals surface area (Å²) in [4.78, 5) is 34.5. The number of benzene rings is 1. The molecule has 0 aromatic heterocycles. The standard InChI is InChI=1S/C18H21N3O6/c1-4-14-16(12-7-6-8-13(9-12)21(24)25)17(18(23)26-5-2)15(20-19-14)10-27-11(3)22/h6-9,16,20H,4-5,10H2,1-3H3. The van der Waals surface area contributed by atoms with Crippen LogP contribution in [0.4, 0.5) is 5.69 Å². The normalized spacial score (nSPS) is 16.3. The summed E-state index contributed by atoms with van der Waals surface area (Å²) in [5.41, 5.74) is 4.34. The van der Waals surface area contributed by atoms with Crippen LogP contribution in [-0.2, 0) is 19.1 Å². The van der Waals surface area contributed by atoms with Crippen LogP contribution in [0.25, 0.3) is 0 Å². The topological polar surface area (TPSA) is 120 Å². The minimum Gasteiger partial charge on any atom is -0.463 e. The van der Waals surface area contributed by atoms with Crippen LogP contribution in [0.1, 0.15) is 38.7 Å². The van der Waals surface area contributed by atoms with Gasteiger partial charge in [-0.05, 0) is 18.9 Å². The van der Waals surface area contributed by atoms with Gasteiger partial charge >= 0.3 is 11.9 Å². The number of nitro groups is 1. The Labute approximate surface area is 156 Å². The fraction of sp³-hybridized carbons (Fsp3) is 0.389. The minimum atomic E-state index is -0.638. The van der Waals surface area contributed by atoms with E-state index in [-0.39, 0.29) is 30.2 Å². The van der Waals surface area contributed by atoms with Crippen molar-refractivity contribution in [3.63, 3.8) is 0 Å². The molecular weight excluding hydrogens is 354 g/mol. The largest absolute Gasteiger partial charge is 0.463 e. The first-order valence-electron chi connectivity index (χ1n) is 8.49. The number of ether oxygens (including phenoxy) is 2. The van der Waals surface area contributed by atoms with Gasteiger partial charge in [-0.25, -0.2) is 4.79 Å². The van der Waals surface area contributed by atoms with Gasteiger partial charge in [0.25, 0.3) is 5.69 Å². The Morgan fingerprint density at radius 2 is 2.04 bits per heavy atom. The fourth-order valence-electron chi connectivity index (χ4n) is 2.80. The van der Waals surface area contributed by atoms with Crippen molar-refractivity contribution in [2.75, 3.05) is 13.2 Å². The van der Waals surface area contributed by atoms with Crippen LogP contribution in [0.15, 0.2) is 40.6 Å². The number of hydrogen-bond acceptors (Lipinski definition) is 8. The summed E-state index contributed by atoms with van der Waals surface area (Å²) in [6.07, 6.45) is 0.504. The zero-order valence-corrected chi connectivity index (χ0v) is 15.4. The van der Waals surface area contributed by atoms with E-state index < -0.39 is 22.8 Å². The van der Waals surface area contributed by atoms with Crippen molar-refractivity contribution in [1.29, 1.82) is 0 Å². The quantitative estimate of drug-likeness (QED) is 0.441. The fourth-order valence-corrected chi connectivity index (χ4v) is 2.80. The predicted molar refractivity (Wildman–Crippen MR) is 97.0 cm³/mol. The first-order valence-corrected chi connectivity index (χ1v) is 8.49. The third-order valence-electron chi connectivity index (χ3n) is 3.97. The molecule has 1 atom stereocenters. The van der Waals surface area contributed by atoms with Crippen molar-refractivity contribution >= 4 is 23.3 Å². The van der Waals surface area contributed by atoms with Crippen molar-refractivity contribution in [2.24, 2.45) is 5.10 Å². The molecule has 0 saturated carbocycles. The molecular formula is C18H21N3O6. The van der Waals surface area contributed by atoms with E-state index in [2.05, 4.69) is 10.5 Å². The molecule has 144 valence electrons. The van der Waals surface area contributed by atoms with Crippen LogP contribution in [0, 0.1) is 10.1 Å². The number of non-ortho nitro benzene ring substituents is 1. The van der Waals surface area contributed by atoms with Gasteiger partial charge in [0.2, 0.25) is 0 Å². The van der Waals surface area contributed by atoms with Crippen LogP contribution >= 0.6 is 0 Å². The van der Waals surface area contributed by atoms with Gasteiger partial charge in [0.15, 0.2) is 0 Å². The molecule has 0 bridgehead atoms. The third kappa shape index (κ3) is 4.69. The summed E-state index contributed by atoms with van der Waals surface area (Å²) in [6.45, 7) is 4.77. The Morgan fingerprint density at radius 3 is 2.63 bits per heavy atom. The molecule has 0 amide bonds. The molecule has 0 radical (unpaired) electrons. The van der Waals surface area contributed by atoms with E-state index in [0.717, 1.165) is 0 Å². The lowest BCUT2D eigenvalue weighted by atomic mass is 9.83. The smallest absolute Gasteiger partial charge is 0.336 e. The van der Waals surface area contributed by atoms with Crippen LogP contribution < -0.4 is 5.43 Å². The van der Waals surface area contributed by atoms with Gasteiger partial charge in [-0.15, -0.1) is 0 Å². The van der Waals surface area contributed by atoms with Crippen LogP contribution in [0.2, 0.25) is 0 Å². The number of nitrogens with zero attached hydrogens (tertiary/aromatic N) is 2. The maximum Gasteiger partial charge on any atom is 0.336 e. The van der Waals surface area contributed by atoms with Gasteiger partial charge in [-0.3, -0.25) is 20.3 Å². The first kappa shape index (κ1) is 20.1. The van der Waals surface area contributed by atoms with E-state index in [9.17, 15) is 19.7 Å². The summed E-state index contributed by atoms with van der Waals surface area (Å²) >= 11 is 0. The first-order chi connectivity index (χ1) is 12.9. The zero-order chi connectivity index (χ0) is 20.0. The summed E-state index contributed by atoms with van der Waals surface area (Å²) in [7, 11) is 0. The Balaban J connectivity index is 2.58. The maximum atomic E-state index is 12.7. The highest BCUT2D eigenvalue weighted by atomic mass is 16.6. The Kier molecular flexibility index (Phi) is 6.64. The zero-order valence-electron chi connectivity index (χ0n) is 15.4. The number of esters is 2. The summed E-state index contributed by atoms with van der Waals surface area (Å²) in [6, 6.07) is 6.03. The number of hydrogen-bond donors (Lipinski definition) is 1. The molecule has 2 rings (SSSR count). The Hall–Kier alpha value is -3.23. The van der Waals surface area contributed by atoms with E-state index in [1.165, 1.54) is 19.1 Å². The third-order valence-corrected chi connectivity index (χ3v) is 3.97. The number of rotatable bonds is 7. The second-order valence-corrected chi connectivity index (χ2v) is 5.75. The highest BCUT2D eigenvalue weighted by molar-refractivity contribution is 6.04. The van der Waals surface area contributed by atoms with Crippen LogP contribution in [-0.4, -0.2) is 35.8 Å². The van der Waals surface area contributed by atoms with Gasteiger partial charge in [0, 0.05) is 19.1 Å². The molecule has 1 heterocycles. The van der Waals surface area contributed by atoms with E-state index >= 15 is 0 Å². The highest BCUT2D eigenvalue weighted by Crippen LogP contribution is 2.34. The maximum absolute atomic E-state index is 12.7. The van der Waals surface area contributed by atoms with Gasteiger partial charge in [-0.1, -0.05) is 19.1 Å². The monoisotopic (exact) mass is 375 g/mol. The van der Waals surface area contributed by atoms with Crippen molar-refractivity contribution in [3.05, 3.63) is 51.2 Å². The Morgan fingerprint density at radius 1 is 1.30 bits per heavy atom. The molecule has 0 fully saturated rings. The van der Waals surface area contributed by atoms with E-state index in [0.29, 0.717) is 17.7 Å². The molecule has 1 aliphatic heterocycles. The SMILES string of the molecule is CCOC(=O)C1=C(COC(C)=O)NN=C(CC)C1c1cccc([N+](=O)[O-])c1. The average Bonchev–Trinajstić information content (AvgIpc) is 2.65. The second-order valence-electron chi connectivity index (χ2n) is 5.75. The van der Waals surface area contributed by atoms with Crippen molar-refractivity contribution in [1.82, 2.24) is 5.43 Å². The minimum absolute atomic E-state index is 0.0915. The number of nitro benzene ring substituents is 1. The molecule has 9 heteroatoms. The summed E-state index contributed by atoms with van der Waals surface area (Å²) < 4.78 is 10.2. The van der Waals surface area contributed by atoms with Gasteiger partial charge in [0.1, 0.15) is 6.61 Å². The molecule has 0 spiro atoms. The van der Waals surface area contributed by atoms with Crippen molar-refractivity contribution < 1.29 is 24.0 Å². The van der Waals surface area contributed by atoms with Crippen molar-refractivity contribution in [3.8, 4) is 0 Å². The molecule has 1 N–H and O–H groups in total. The highest BCUT2D eigenvalue weighted by Gasteiger charge is 2.34. The molecule has 0 aliphatic carbocycles. The summed E-state index contributed by atoms with van der Waals surface area (Å²) in [5, 5.41) is 15.4. The summed E-state index contributed by atoms with van der Waals surface area (Å²) in [5.74, 6) is -1.74. The number of carbonyl (C=O) groups is 2. The molecule has 0 saturated heterocycles. The second kappa shape index (κ2) is 8.93. The van der Waals surface area contributed by atoms with E-state index in [4.69, 9.17) is 9.47 Å². The van der Waals surface area contributed by atoms with E-state index in [1.807, 2.05) is 6.92 Å². The predicted octanol–water partition coefficient (Wildman–Crippen LogP) is 2.43. The van der Waals surface area contributed by atoms with Crippen LogP contribution in [0.3, 0.4) is 0 Å². The lowest BCUT2D eigenvalue weighted by Gasteiger charge is -2.28. The molecule has 9 nitrogen and oxygen atoms in total. The van der Waals surface area contributed by atoms with Gasteiger partial charge < -0.3 is 9.47 Å². The average molecular weight is 375 g/mol. The van der Waals surface area contributed by atoms with Crippen LogP contribution in [0.5, 0.6) is 0 Å². The molecule has 1 aromatic carbocycles. The molecule has 1 aromatic rings. The van der Waals surface area contributed by atoms with Crippen molar-refractivity contribution in [2.45, 2.75) is 33.1 Å². The number of carbonyl (C=O) groups excluding carboxylic acids is 2. The van der Waals surface area contributed by atoms with E-state index in [1.54, 1.807) is 19.1 Å². The molecule has 1 unspecified atom stereocenters. The number of nitrogens with one attached hydrogen (secondary N) is 1. The Bertz CT molecular complexity index is 815. The molecule has 1 aliphatic rings. The van der Waals surface area contributed by atoms with Gasteiger partial charge in [-0.2, -0.15) is 5.10 Å². The lowest BCUT2D eigenvalue weighted by molar-refractivity contribution is -0.384. The lowest BCUT2D eigenvalue weighted by Crippen LogP contribution is -2.33. The van der Waals surface area contributed by atoms with Gasteiger partial charge in [0.05, 0.1) is 34.4 Å². The number of hydrazone groups is 1.